The maximum Gasteiger partial charge on any atom is 0.317 e. The molecule has 80 valence electrons. The fraction of sp³-hybridized carbons (Fsp3) is 0.364. The summed E-state index contributed by atoms with van der Waals surface area (Å²) in [5.74, 6) is 0.251. The van der Waals surface area contributed by atoms with Crippen molar-refractivity contribution in [3.63, 3.8) is 0 Å². The summed E-state index contributed by atoms with van der Waals surface area (Å²) in [7, 11) is 0. The Morgan fingerprint density at radius 1 is 1.67 bits per heavy atom. The van der Waals surface area contributed by atoms with Gasteiger partial charge in [-0.15, -0.1) is 0 Å². The summed E-state index contributed by atoms with van der Waals surface area (Å²) in [5.41, 5.74) is 0.899. The van der Waals surface area contributed by atoms with E-state index in [0.29, 0.717) is 13.2 Å². The zero-order chi connectivity index (χ0) is 10.8. The molecule has 1 aliphatic rings. The van der Waals surface area contributed by atoms with E-state index in [1.807, 2.05) is 18.2 Å². The summed E-state index contributed by atoms with van der Waals surface area (Å²) in [5, 5.41) is 0. The molecule has 0 radical (unpaired) electrons. The molecule has 0 aromatic heterocycles. The predicted molar refractivity (Wildman–Crippen MR) is 59.0 cm³/mol. The molecule has 0 N–H and O–H groups in total. The lowest BCUT2D eigenvalue weighted by Crippen LogP contribution is -2.17. The molecule has 1 aromatic carbocycles. The van der Waals surface area contributed by atoms with E-state index in [2.05, 4.69) is 15.9 Å². The van der Waals surface area contributed by atoms with Crippen LogP contribution in [0.5, 0.6) is 5.75 Å². The molecule has 0 saturated heterocycles. The lowest BCUT2D eigenvalue weighted by atomic mass is 10.0. The van der Waals surface area contributed by atoms with Gasteiger partial charge in [-0.1, -0.05) is 22.0 Å². The standard InChI is InChI=1S/C11H11BrO3/c1-2-14-11(13)7-6-15-9-5-3-4-8(12)10(7)9/h3-5,7H,2,6H2,1H3. The van der Waals surface area contributed by atoms with Crippen LogP contribution in [0.15, 0.2) is 22.7 Å². The molecule has 0 saturated carbocycles. The van der Waals surface area contributed by atoms with Crippen LogP contribution in [-0.2, 0) is 9.53 Å². The number of hydrogen-bond donors (Lipinski definition) is 0. The first kappa shape index (κ1) is 10.5. The second-order valence-corrected chi connectivity index (χ2v) is 4.12. The van der Waals surface area contributed by atoms with Crippen molar-refractivity contribution in [2.45, 2.75) is 12.8 Å². The summed E-state index contributed by atoms with van der Waals surface area (Å²) < 4.78 is 11.3. The molecule has 1 atom stereocenters. The van der Waals surface area contributed by atoms with Gasteiger partial charge >= 0.3 is 5.97 Å². The van der Waals surface area contributed by atoms with Crippen LogP contribution >= 0.6 is 15.9 Å². The second-order valence-electron chi connectivity index (χ2n) is 3.27. The van der Waals surface area contributed by atoms with Crippen molar-refractivity contribution in [3.05, 3.63) is 28.2 Å². The van der Waals surface area contributed by atoms with Crippen molar-refractivity contribution in [2.75, 3.05) is 13.2 Å². The zero-order valence-corrected chi connectivity index (χ0v) is 9.91. The van der Waals surface area contributed by atoms with Crippen molar-refractivity contribution < 1.29 is 14.3 Å². The highest BCUT2D eigenvalue weighted by atomic mass is 79.9. The van der Waals surface area contributed by atoms with Crippen LogP contribution in [0.3, 0.4) is 0 Å². The Kier molecular flexibility index (Phi) is 2.95. The minimum absolute atomic E-state index is 0.219. The van der Waals surface area contributed by atoms with E-state index >= 15 is 0 Å². The van der Waals surface area contributed by atoms with Crippen molar-refractivity contribution in [1.82, 2.24) is 0 Å². The highest BCUT2D eigenvalue weighted by molar-refractivity contribution is 9.10. The number of rotatable bonds is 2. The van der Waals surface area contributed by atoms with E-state index in [9.17, 15) is 4.79 Å². The molecule has 1 aliphatic heterocycles. The van der Waals surface area contributed by atoms with Crippen molar-refractivity contribution in [3.8, 4) is 5.75 Å². The zero-order valence-electron chi connectivity index (χ0n) is 8.33. The summed E-state index contributed by atoms with van der Waals surface area (Å²) in [6, 6.07) is 5.65. The van der Waals surface area contributed by atoms with E-state index < -0.39 is 0 Å². The third kappa shape index (κ3) is 1.86. The van der Waals surface area contributed by atoms with Crippen LogP contribution < -0.4 is 4.74 Å². The van der Waals surface area contributed by atoms with Crippen molar-refractivity contribution >= 4 is 21.9 Å². The van der Waals surface area contributed by atoms with Crippen LogP contribution in [0.1, 0.15) is 18.4 Å². The van der Waals surface area contributed by atoms with E-state index in [1.165, 1.54) is 0 Å². The Morgan fingerprint density at radius 3 is 3.20 bits per heavy atom. The van der Waals surface area contributed by atoms with Crippen LogP contribution in [0.25, 0.3) is 0 Å². The summed E-state index contributed by atoms with van der Waals surface area (Å²) >= 11 is 3.42. The smallest absolute Gasteiger partial charge is 0.317 e. The number of carbonyl (C=O) groups is 1. The minimum Gasteiger partial charge on any atom is -0.492 e. The Morgan fingerprint density at radius 2 is 2.47 bits per heavy atom. The first-order chi connectivity index (χ1) is 7.24. The lowest BCUT2D eigenvalue weighted by Gasteiger charge is -2.08. The van der Waals surface area contributed by atoms with Gasteiger partial charge in [-0.3, -0.25) is 4.79 Å². The largest absolute Gasteiger partial charge is 0.492 e. The molecule has 0 aliphatic carbocycles. The average molecular weight is 271 g/mol. The molecule has 0 bridgehead atoms. The molecule has 3 nitrogen and oxygen atoms in total. The van der Waals surface area contributed by atoms with Crippen LogP contribution in [0.4, 0.5) is 0 Å². The third-order valence-corrected chi connectivity index (χ3v) is 3.03. The molecule has 0 amide bonds. The molecule has 1 aromatic rings. The van der Waals surface area contributed by atoms with Gasteiger partial charge in [-0.25, -0.2) is 0 Å². The summed E-state index contributed by atoms with van der Waals surface area (Å²) in [4.78, 5) is 11.6. The fourth-order valence-corrected chi connectivity index (χ4v) is 2.29. The van der Waals surface area contributed by atoms with Crippen LogP contribution in [0.2, 0.25) is 0 Å². The Hall–Kier alpha value is -1.03. The predicted octanol–water partition coefficient (Wildman–Crippen LogP) is 2.49. The quantitative estimate of drug-likeness (QED) is 0.775. The molecule has 4 heteroatoms. The molecule has 1 unspecified atom stereocenters. The van der Waals surface area contributed by atoms with Gasteiger partial charge < -0.3 is 9.47 Å². The maximum atomic E-state index is 11.6. The van der Waals surface area contributed by atoms with Crippen molar-refractivity contribution in [1.29, 1.82) is 0 Å². The molecule has 0 fully saturated rings. The van der Waals surface area contributed by atoms with Gasteiger partial charge in [0, 0.05) is 10.0 Å². The SMILES string of the molecule is CCOC(=O)C1COc2cccc(Br)c21. The molecule has 2 rings (SSSR count). The summed E-state index contributed by atoms with van der Waals surface area (Å²) in [6.07, 6.45) is 0. The average Bonchev–Trinajstić information content (AvgIpc) is 2.63. The van der Waals surface area contributed by atoms with E-state index in [-0.39, 0.29) is 11.9 Å². The second kappa shape index (κ2) is 4.23. The molecular weight excluding hydrogens is 260 g/mol. The van der Waals surface area contributed by atoms with Gasteiger partial charge in [0.2, 0.25) is 0 Å². The Bertz CT molecular complexity index is 389. The van der Waals surface area contributed by atoms with Crippen LogP contribution in [-0.4, -0.2) is 19.2 Å². The first-order valence-corrected chi connectivity index (χ1v) is 5.61. The summed E-state index contributed by atoms with van der Waals surface area (Å²) in [6.45, 7) is 2.57. The molecule has 15 heavy (non-hydrogen) atoms. The van der Waals surface area contributed by atoms with E-state index in [1.54, 1.807) is 6.92 Å². The van der Waals surface area contributed by atoms with Gasteiger partial charge in [0.1, 0.15) is 18.3 Å². The van der Waals surface area contributed by atoms with E-state index in [0.717, 1.165) is 15.8 Å². The first-order valence-electron chi connectivity index (χ1n) is 4.82. The number of benzene rings is 1. The number of hydrogen-bond acceptors (Lipinski definition) is 3. The Balaban J connectivity index is 2.31. The molecule has 1 heterocycles. The molecular formula is C11H11BrO3. The van der Waals surface area contributed by atoms with Gasteiger partial charge in [-0.2, -0.15) is 0 Å². The maximum absolute atomic E-state index is 11.6. The Labute approximate surface area is 96.5 Å². The highest BCUT2D eigenvalue weighted by Crippen LogP contribution is 2.39. The van der Waals surface area contributed by atoms with Gasteiger partial charge in [0.05, 0.1) is 6.61 Å². The van der Waals surface area contributed by atoms with Gasteiger partial charge in [0.15, 0.2) is 0 Å². The topological polar surface area (TPSA) is 35.5 Å². The lowest BCUT2D eigenvalue weighted by molar-refractivity contribution is -0.145. The normalized spacial score (nSPS) is 18.1. The van der Waals surface area contributed by atoms with E-state index in [4.69, 9.17) is 9.47 Å². The number of halogens is 1. The van der Waals surface area contributed by atoms with Gasteiger partial charge in [0.25, 0.3) is 0 Å². The monoisotopic (exact) mass is 270 g/mol. The van der Waals surface area contributed by atoms with Gasteiger partial charge in [-0.05, 0) is 19.1 Å². The molecule has 0 spiro atoms. The number of esters is 1. The highest BCUT2D eigenvalue weighted by Gasteiger charge is 2.33. The number of carbonyl (C=O) groups excluding carboxylic acids is 1. The number of fused-ring (bicyclic) bond motifs is 1. The van der Waals surface area contributed by atoms with Crippen LogP contribution in [0, 0.1) is 0 Å². The minimum atomic E-state index is -0.296. The van der Waals surface area contributed by atoms with Crippen molar-refractivity contribution in [2.24, 2.45) is 0 Å². The fourth-order valence-electron chi connectivity index (χ4n) is 1.67. The third-order valence-electron chi connectivity index (χ3n) is 2.34. The number of ether oxygens (including phenoxy) is 2.